The van der Waals surface area contributed by atoms with Gasteiger partial charge in [0, 0.05) is 17.3 Å². The van der Waals surface area contributed by atoms with Crippen LogP contribution in [0.1, 0.15) is 120 Å². The zero-order valence-electron chi connectivity index (χ0n) is 46.5. The first kappa shape index (κ1) is 62.9. The number of rotatable bonds is 18. The van der Waals surface area contributed by atoms with Gasteiger partial charge in [0.25, 0.3) is 0 Å². The predicted octanol–water partition coefficient (Wildman–Crippen LogP) is -1.81. The number of ether oxygens (including phenoxy) is 8. The maximum absolute atomic E-state index is 12.8. The van der Waals surface area contributed by atoms with Crippen molar-refractivity contribution in [2.75, 3.05) is 26.4 Å². The monoisotopic (exact) mass is 1120 g/mol. The third kappa shape index (κ3) is 11.2. The van der Waals surface area contributed by atoms with E-state index < -0.39 is 171 Å². The van der Waals surface area contributed by atoms with E-state index in [-0.39, 0.29) is 47.5 Å². The highest BCUT2D eigenvalue weighted by atomic mass is 16.7. The molecule has 4 heterocycles. The van der Waals surface area contributed by atoms with Gasteiger partial charge in [-0.15, -0.1) is 0 Å². The second-order valence-electron chi connectivity index (χ2n) is 25.9. The Labute approximate surface area is 457 Å². The lowest BCUT2D eigenvalue weighted by Gasteiger charge is -2.68. The Morgan fingerprint density at radius 2 is 1.21 bits per heavy atom. The van der Waals surface area contributed by atoms with Gasteiger partial charge in [0.05, 0.1) is 62.5 Å². The van der Waals surface area contributed by atoms with E-state index in [1.54, 1.807) is 13.8 Å². The molecule has 8 aliphatic rings. The first-order valence-corrected chi connectivity index (χ1v) is 28.5. The van der Waals surface area contributed by atoms with Crippen LogP contribution in [0.2, 0.25) is 0 Å². The first-order chi connectivity index (χ1) is 36.5. The van der Waals surface area contributed by atoms with Crippen molar-refractivity contribution >= 4 is 0 Å². The van der Waals surface area contributed by atoms with E-state index in [0.717, 1.165) is 25.7 Å². The SMILES string of the molecule is CC[C@@]12CCC([C@H](C)CC[C@@H](O[C@@H]3O[C@H](CO[C@@H]4O[C@H](CO)[C@@H](O)[C@H](O)[C@H]4O)[C@@H](O)[C@H](O)[C@H]3O)C(C)(C)O)[C@@]1(C)C[C@@H](O)[C@@]1(C)C3CC[C@H](O[C@@H]4O[C@H](CO[C@@H]5O[C@H](CO)[C@@H](O)[C@H](O)[C@H]5O)C[C@H](O)[C@H]4O)C(C)(C)C3=CCC12. The summed E-state index contributed by atoms with van der Waals surface area (Å²) in [6.45, 7) is 14.4. The third-order valence-corrected chi connectivity index (χ3v) is 20.9. The average molecular weight is 1120 g/mol. The number of allylic oxidation sites excluding steroid dienone is 1. The molecular weight excluding hydrogens is 1030 g/mol. The second kappa shape index (κ2) is 24.1. The molecule has 23 heteroatoms. The van der Waals surface area contributed by atoms with Gasteiger partial charge in [0.15, 0.2) is 25.2 Å². The molecule has 3 saturated carbocycles. The predicted molar refractivity (Wildman–Crippen MR) is 271 cm³/mol. The zero-order valence-corrected chi connectivity index (χ0v) is 46.5. The molecule has 0 radical (unpaired) electrons. The van der Waals surface area contributed by atoms with Crippen molar-refractivity contribution < 1.29 is 114 Å². The van der Waals surface area contributed by atoms with Crippen molar-refractivity contribution in [3.8, 4) is 0 Å². The van der Waals surface area contributed by atoms with Gasteiger partial charge in [-0.1, -0.05) is 53.2 Å². The number of hydrogen-bond acceptors (Lipinski definition) is 23. The smallest absolute Gasteiger partial charge is 0.187 e. The van der Waals surface area contributed by atoms with Crippen LogP contribution in [0.15, 0.2) is 11.6 Å². The van der Waals surface area contributed by atoms with Crippen LogP contribution in [-0.2, 0) is 37.9 Å². The Morgan fingerprint density at radius 3 is 1.77 bits per heavy atom. The van der Waals surface area contributed by atoms with Gasteiger partial charge < -0.3 is 114 Å². The molecule has 0 aromatic heterocycles. The van der Waals surface area contributed by atoms with Crippen molar-refractivity contribution in [3.05, 3.63) is 11.6 Å². The van der Waals surface area contributed by atoms with Crippen LogP contribution >= 0.6 is 0 Å². The fourth-order valence-corrected chi connectivity index (χ4v) is 16.1. The molecule has 15 N–H and O–H groups in total. The fraction of sp³-hybridized carbons (Fsp3) is 0.964. The van der Waals surface area contributed by atoms with Crippen LogP contribution in [0.4, 0.5) is 0 Å². The highest BCUT2D eigenvalue weighted by molar-refractivity contribution is 5.32. The van der Waals surface area contributed by atoms with E-state index in [0.29, 0.717) is 32.1 Å². The Kier molecular flexibility index (Phi) is 19.4. The summed E-state index contributed by atoms with van der Waals surface area (Å²) >= 11 is 0. The number of hydrogen-bond donors (Lipinski definition) is 15. The van der Waals surface area contributed by atoms with Gasteiger partial charge in [0.1, 0.15) is 79.4 Å². The number of fused-ring (bicyclic) bond motifs is 5. The fourth-order valence-electron chi connectivity index (χ4n) is 16.1. The summed E-state index contributed by atoms with van der Waals surface area (Å²) in [6.07, 6.45) is -21.3. The number of aliphatic hydroxyl groups excluding tert-OH is 14. The Bertz CT molecular complexity index is 2010. The second-order valence-corrected chi connectivity index (χ2v) is 25.9. The maximum atomic E-state index is 12.8. The summed E-state index contributed by atoms with van der Waals surface area (Å²) in [5.41, 5.74) is -1.74. The van der Waals surface area contributed by atoms with Crippen LogP contribution < -0.4 is 0 Å². The maximum Gasteiger partial charge on any atom is 0.187 e. The van der Waals surface area contributed by atoms with Gasteiger partial charge in [-0.3, -0.25) is 0 Å². The van der Waals surface area contributed by atoms with Crippen molar-refractivity contribution in [2.24, 2.45) is 45.3 Å². The molecule has 0 aromatic rings. The molecule has 452 valence electrons. The minimum absolute atomic E-state index is 0.0218. The summed E-state index contributed by atoms with van der Waals surface area (Å²) in [7, 11) is 0. The molecular formula is C55H94O23. The molecule has 29 atom stereocenters. The quantitative estimate of drug-likeness (QED) is 0.0673. The Hall–Kier alpha value is -1.18. The van der Waals surface area contributed by atoms with Gasteiger partial charge >= 0.3 is 0 Å². The van der Waals surface area contributed by atoms with E-state index in [1.807, 2.05) is 0 Å². The Morgan fingerprint density at radius 1 is 0.654 bits per heavy atom. The zero-order chi connectivity index (χ0) is 57.4. The summed E-state index contributed by atoms with van der Waals surface area (Å²) in [5.74, 6) is 0.441. The minimum atomic E-state index is -1.77. The van der Waals surface area contributed by atoms with E-state index in [4.69, 9.17) is 37.9 Å². The molecule has 0 spiro atoms. The molecule has 4 aliphatic carbocycles. The molecule has 0 bridgehead atoms. The molecule has 0 amide bonds. The average Bonchev–Trinajstić information content (AvgIpc) is 2.39. The molecule has 4 aliphatic heterocycles. The lowest BCUT2D eigenvalue weighted by atomic mass is 9.37. The normalized spacial score (nSPS) is 50.5. The molecule has 8 rings (SSSR count). The third-order valence-electron chi connectivity index (χ3n) is 20.9. The van der Waals surface area contributed by atoms with Gasteiger partial charge in [-0.2, -0.15) is 0 Å². The molecule has 3 unspecified atom stereocenters. The molecule has 7 fully saturated rings. The Balaban J connectivity index is 0.916. The molecule has 23 nitrogen and oxygen atoms in total. The summed E-state index contributed by atoms with van der Waals surface area (Å²) in [5, 5.41) is 160. The first-order valence-electron chi connectivity index (χ1n) is 28.5. The standard InChI is InChI=1S/C55H94O23/c1-9-55-17-16-26(24(2)10-14-36(52(5,6)70)78-50-46(69)43(66)40(63)32(76-50)23-72-48-45(68)42(65)39(62)31(21-57)75-48)53(55,7)19-34(59)54(8)28-12-15-35(51(3,4)27(28)11-13-33(54)55)77-49-37(60)29(58)18-25(73-49)22-71-47-44(67)41(64)38(61)30(20-56)74-47/h11,24-26,28-50,56-70H,9-10,12-23H2,1-8H3/t24-,25+,26?,28?,29+,30-,31-,32-,33?,34-,35+,36-,37-,38-,39-,40-,41+,42+,43+,44-,45-,46-,47-,48-,49+,50+,53-,54+,55+/m1/s1. The van der Waals surface area contributed by atoms with E-state index in [9.17, 15) is 76.6 Å². The van der Waals surface area contributed by atoms with Crippen LogP contribution in [0, 0.1) is 45.3 Å². The summed E-state index contributed by atoms with van der Waals surface area (Å²) < 4.78 is 47.3. The van der Waals surface area contributed by atoms with Crippen molar-refractivity contribution in [1.29, 1.82) is 0 Å². The lowest BCUT2D eigenvalue weighted by molar-refractivity contribution is -0.341. The van der Waals surface area contributed by atoms with Crippen LogP contribution in [0.25, 0.3) is 0 Å². The minimum Gasteiger partial charge on any atom is -0.394 e. The van der Waals surface area contributed by atoms with Gasteiger partial charge in [-0.25, -0.2) is 0 Å². The van der Waals surface area contributed by atoms with Crippen LogP contribution in [0.3, 0.4) is 0 Å². The summed E-state index contributed by atoms with van der Waals surface area (Å²) in [4.78, 5) is 0. The largest absolute Gasteiger partial charge is 0.394 e. The van der Waals surface area contributed by atoms with E-state index in [2.05, 4.69) is 47.6 Å². The topological polar surface area (TPSA) is 377 Å². The van der Waals surface area contributed by atoms with Crippen molar-refractivity contribution in [2.45, 2.75) is 260 Å². The highest BCUT2D eigenvalue weighted by Gasteiger charge is 2.71. The molecule has 0 aromatic carbocycles. The summed E-state index contributed by atoms with van der Waals surface area (Å²) in [6, 6.07) is 0. The van der Waals surface area contributed by atoms with Crippen molar-refractivity contribution in [1.82, 2.24) is 0 Å². The van der Waals surface area contributed by atoms with Crippen LogP contribution in [-0.4, -0.2) is 244 Å². The number of aliphatic hydroxyl groups is 15. The molecule has 78 heavy (non-hydrogen) atoms. The van der Waals surface area contributed by atoms with Gasteiger partial charge in [0.2, 0.25) is 0 Å². The lowest BCUT2D eigenvalue weighted by Crippen LogP contribution is -2.65. The van der Waals surface area contributed by atoms with Crippen molar-refractivity contribution in [3.63, 3.8) is 0 Å². The van der Waals surface area contributed by atoms with E-state index in [1.165, 1.54) is 5.57 Å². The molecule has 4 saturated heterocycles. The van der Waals surface area contributed by atoms with Crippen LogP contribution in [0.5, 0.6) is 0 Å². The van der Waals surface area contributed by atoms with Gasteiger partial charge in [-0.05, 0) is 106 Å². The highest BCUT2D eigenvalue weighted by Crippen LogP contribution is 2.76. The van der Waals surface area contributed by atoms with E-state index >= 15 is 0 Å².